The van der Waals surface area contributed by atoms with E-state index in [0.717, 1.165) is 0 Å². The first-order valence-corrected chi connectivity index (χ1v) is 6.80. The molecule has 0 aliphatic carbocycles. The predicted octanol–water partition coefficient (Wildman–Crippen LogP) is 2.14. The third-order valence-corrected chi connectivity index (χ3v) is 0. The SMILES string of the molecule is [Au+].[F][Sb-]([F])([F])([F])([F])[F]. The van der Waals surface area contributed by atoms with E-state index in [4.69, 9.17) is 0 Å². The summed E-state index contributed by atoms with van der Waals surface area (Å²) in [7, 11) is 0. The molecule has 8 heavy (non-hydrogen) atoms. The Bertz CT molecular complexity index is 67.1. The van der Waals surface area contributed by atoms with Crippen molar-refractivity contribution in [3.8, 4) is 0 Å². The van der Waals surface area contributed by atoms with E-state index in [1.165, 1.54) is 0 Å². The van der Waals surface area contributed by atoms with Crippen LogP contribution in [0.15, 0.2) is 0 Å². The van der Waals surface area contributed by atoms with Crippen molar-refractivity contribution in [2.24, 2.45) is 0 Å². The van der Waals surface area contributed by atoms with E-state index in [1.54, 1.807) is 0 Å². The summed E-state index contributed by atoms with van der Waals surface area (Å²) < 4.78 is 59.6. The van der Waals surface area contributed by atoms with Crippen LogP contribution in [-0.2, 0) is 22.4 Å². The molecule has 0 fully saturated rings. The topological polar surface area (TPSA) is 0 Å². The average Bonchev–Trinajstić information content (AvgIpc) is 0.592. The Hall–Kier alpha value is 1.14. The van der Waals surface area contributed by atoms with Crippen LogP contribution in [0.1, 0.15) is 0 Å². The number of hydrogen-bond acceptors (Lipinski definition) is 0. The van der Waals surface area contributed by atoms with E-state index in [9.17, 15) is 16.9 Å². The van der Waals surface area contributed by atoms with Crippen LogP contribution in [0.5, 0.6) is 0 Å². The molecule has 0 aromatic carbocycles. The molecule has 0 bridgehead atoms. The summed E-state index contributed by atoms with van der Waals surface area (Å²) in [6.07, 6.45) is 0. The van der Waals surface area contributed by atoms with Gasteiger partial charge in [0.05, 0.1) is 0 Å². The van der Waals surface area contributed by atoms with Crippen LogP contribution in [0.25, 0.3) is 0 Å². The summed E-state index contributed by atoms with van der Waals surface area (Å²) in [6.45, 7) is 0. The van der Waals surface area contributed by atoms with Crippen molar-refractivity contribution in [1.82, 2.24) is 0 Å². The van der Waals surface area contributed by atoms with Gasteiger partial charge in [0.25, 0.3) is 0 Å². The first-order valence-electron chi connectivity index (χ1n) is 1.01. The normalized spacial score (nSPS) is 20.2. The second kappa shape index (κ2) is 1.59. The van der Waals surface area contributed by atoms with Crippen LogP contribution in [0, 0.1) is 0 Å². The van der Waals surface area contributed by atoms with E-state index in [-0.39, 0.29) is 22.4 Å². The predicted molar refractivity (Wildman–Crippen MR) is 12.4 cm³/mol. The van der Waals surface area contributed by atoms with Gasteiger partial charge in [-0.3, -0.25) is 0 Å². The molecule has 0 saturated heterocycles. The monoisotopic (exact) mass is 432 g/mol. The zero-order valence-electron chi connectivity index (χ0n) is 3.02. The Morgan fingerprint density at radius 1 is 0.625 bits per heavy atom. The standard InChI is InChI=1S/Au.6FH.Sb/h;6*1H;/q+1;;;;;;;+5/p-6. The minimum atomic E-state index is -11.2. The fourth-order valence-electron chi connectivity index (χ4n) is 0. The zero-order valence-corrected chi connectivity index (χ0v) is 7.74. The van der Waals surface area contributed by atoms with Gasteiger partial charge in [-0.25, -0.2) is 0 Å². The number of hydrogen-bond donors (Lipinski definition) is 0. The molecule has 0 aromatic rings. The maximum absolute atomic E-state index is 11.2. The molecule has 0 unspecified atom stereocenters. The molecule has 8 heteroatoms. The Morgan fingerprint density at radius 2 is 0.625 bits per heavy atom. The molecule has 0 amide bonds. The van der Waals surface area contributed by atoms with E-state index in [1.807, 2.05) is 0 Å². The molecule has 0 atom stereocenters. The van der Waals surface area contributed by atoms with Crippen LogP contribution in [-0.4, -0.2) is 19.5 Å². The Kier molecular flexibility index (Phi) is 2.36. The molecule has 0 saturated carbocycles. The van der Waals surface area contributed by atoms with Crippen LogP contribution in [0.2, 0.25) is 0 Å². The van der Waals surface area contributed by atoms with Gasteiger partial charge in [0.1, 0.15) is 0 Å². The van der Waals surface area contributed by atoms with Gasteiger partial charge in [0, 0.05) is 0 Å². The summed E-state index contributed by atoms with van der Waals surface area (Å²) in [5.41, 5.74) is 0. The fraction of sp³-hybridized carbons (Fsp3) is 0. The summed E-state index contributed by atoms with van der Waals surface area (Å²) in [6, 6.07) is 0. The van der Waals surface area contributed by atoms with Crippen LogP contribution in [0.3, 0.4) is 0 Å². The molecule has 0 rings (SSSR count). The molecule has 0 aliphatic heterocycles. The molecule has 58 valence electrons. The van der Waals surface area contributed by atoms with Crippen LogP contribution in [0.4, 0.5) is 16.9 Å². The Balaban J connectivity index is 0. The van der Waals surface area contributed by atoms with E-state index >= 15 is 0 Å². The fourth-order valence-corrected chi connectivity index (χ4v) is 0. The van der Waals surface area contributed by atoms with Gasteiger partial charge in [-0.2, -0.15) is 0 Å². The molecular formula is AuF6Sb. The molecule has 0 N–H and O–H groups in total. The van der Waals surface area contributed by atoms with E-state index in [0.29, 0.717) is 0 Å². The van der Waals surface area contributed by atoms with Crippen molar-refractivity contribution >= 4 is 19.5 Å². The molecule has 0 aromatic heterocycles. The van der Waals surface area contributed by atoms with E-state index in [2.05, 4.69) is 0 Å². The van der Waals surface area contributed by atoms with Crippen LogP contribution >= 0.6 is 0 Å². The first-order chi connectivity index (χ1) is 2.45. The van der Waals surface area contributed by atoms with Gasteiger partial charge in [0.2, 0.25) is 0 Å². The molecule has 0 aliphatic rings. The van der Waals surface area contributed by atoms with E-state index < -0.39 is 19.5 Å². The average molecular weight is 433 g/mol. The Morgan fingerprint density at radius 3 is 0.625 bits per heavy atom. The summed E-state index contributed by atoms with van der Waals surface area (Å²) in [5.74, 6) is 0. The second-order valence-electron chi connectivity index (χ2n) is 0.958. The minimum absolute atomic E-state index is 0. The van der Waals surface area contributed by atoms with Crippen LogP contribution < -0.4 is 0 Å². The molecule has 0 nitrogen and oxygen atoms in total. The molecule has 0 heterocycles. The quantitative estimate of drug-likeness (QED) is 0.406. The van der Waals surface area contributed by atoms with Gasteiger partial charge in [-0.15, -0.1) is 0 Å². The van der Waals surface area contributed by atoms with Crippen molar-refractivity contribution < 1.29 is 39.3 Å². The molecular weight excluding hydrogens is 433 g/mol. The van der Waals surface area contributed by atoms with Crippen molar-refractivity contribution in [1.29, 1.82) is 0 Å². The van der Waals surface area contributed by atoms with Gasteiger partial charge < -0.3 is 0 Å². The van der Waals surface area contributed by atoms with Gasteiger partial charge in [-0.1, -0.05) is 0 Å². The zero-order chi connectivity index (χ0) is 6.41. The van der Waals surface area contributed by atoms with Crippen molar-refractivity contribution in [2.75, 3.05) is 0 Å². The first kappa shape index (κ1) is 11.9. The number of halogens is 6. The van der Waals surface area contributed by atoms with Crippen molar-refractivity contribution in [3.63, 3.8) is 0 Å². The third kappa shape index (κ3) is 208. The summed E-state index contributed by atoms with van der Waals surface area (Å²) in [4.78, 5) is 0. The summed E-state index contributed by atoms with van der Waals surface area (Å²) in [5, 5.41) is 0. The van der Waals surface area contributed by atoms with Crippen molar-refractivity contribution in [3.05, 3.63) is 0 Å². The van der Waals surface area contributed by atoms with Gasteiger partial charge in [-0.05, 0) is 0 Å². The molecule has 0 radical (unpaired) electrons. The van der Waals surface area contributed by atoms with Gasteiger partial charge in [0.15, 0.2) is 0 Å². The summed E-state index contributed by atoms with van der Waals surface area (Å²) >= 11 is -11.2. The second-order valence-corrected chi connectivity index (χ2v) is 6.43. The molecule has 0 spiro atoms. The maximum atomic E-state index is 9.93. The van der Waals surface area contributed by atoms with Crippen molar-refractivity contribution in [2.45, 2.75) is 0 Å². The Labute approximate surface area is 58.6 Å². The third-order valence-electron chi connectivity index (χ3n) is 0. The van der Waals surface area contributed by atoms with Gasteiger partial charge >= 0.3 is 58.7 Å². The number of rotatable bonds is 0.